The Balaban J connectivity index is 1.85. The predicted molar refractivity (Wildman–Crippen MR) is 101 cm³/mol. The monoisotopic (exact) mass is 382 g/mol. The average Bonchev–Trinajstić information content (AvgIpc) is 2.88. The third-order valence-electron chi connectivity index (χ3n) is 4.49. The van der Waals surface area contributed by atoms with E-state index in [1.165, 1.54) is 0 Å². The van der Waals surface area contributed by atoms with Crippen molar-refractivity contribution in [2.45, 2.75) is 26.7 Å². The minimum absolute atomic E-state index is 0.0157. The van der Waals surface area contributed by atoms with Crippen molar-refractivity contribution in [3.05, 3.63) is 28.3 Å². The maximum atomic E-state index is 12.5. The summed E-state index contributed by atoms with van der Waals surface area (Å²) in [6, 6.07) is 3.67. The van der Waals surface area contributed by atoms with Crippen LogP contribution in [0.1, 0.15) is 24.0 Å². The fourth-order valence-corrected chi connectivity index (χ4v) is 3.10. The molecule has 7 heteroatoms. The number of halogens is 1. The number of ether oxygens (including phenoxy) is 2. The molecule has 1 aliphatic heterocycles. The van der Waals surface area contributed by atoms with E-state index >= 15 is 0 Å². The van der Waals surface area contributed by atoms with Crippen molar-refractivity contribution in [1.82, 2.24) is 9.80 Å². The second-order valence-electron chi connectivity index (χ2n) is 6.52. The molecule has 0 atom stereocenters. The molecule has 0 bridgehead atoms. The van der Waals surface area contributed by atoms with Gasteiger partial charge in [-0.05, 0) is 43.5 Å². The molecule has 1 heterocycles. The van der Waals surface area contributed by atoms with Gasteiger partial charge >= 0.3 is 0 Å². The second kappa shape index (κ2) is 9.78. The fourth-order valence-electron chi connectivity index (χ4n) is 2.99. The van der Waals surface area contributed by atoms with Crippen molar-refractivity contribution < 1.29 is 19.1 Å². The van der Waals surface area contributed by atoms with Crippen molar-refractivity contribution in [3.63, 3.8) is 0 Å². The highest BCUT2D eigenvalue weighted by molar-refractivity contribution is 6.32. The highest BCUT2D eigenvalue weighted by Crippen LogP contribution is 2.25. The molecule has 2 rings (SSSR count). The molecule has 0 aliphatic carbocycles. The van der Waals surface area contributed by atoms with E-state index < -0.39 is 0 Å². The summed E-state index contributed by atoms with van der Waals surface area (Å²) in [5, 5.41) is 0.717. The summed E-state index contributed by atoms with van der Waals surface area (Å²) in [5.74, 6) is 0.648. The number of aryl methyl sites for hydroxylation is 2. The van der Waals surface area contributed by atoms with Gasteiger partial charge in [0.05, 0.1) is 13.0 Å². The zero-order chi connectivity index (χ0) is 19.1. The summed E-state index contributed by atoms with van der Waals surface area (Å²) in [4.78, 5) is 28.1. The van der Waals surface area contributed by atoms with Crippen molar-refractivity contribution >= 4 is 23.4 Å². The van der Waals surface area contributed by atoms with Gasteiger partial charge in [-0.2, -0.15) is 0 Å². The largest absolute Gasteiger partial charge is 0.484 e. The van der Waals surface area contributed by atoms with Crippen LogP contribution in [0.3, 0.4) is 0 Å². The van der Waals surface area contributed by atoms with Crippen LogP contribution in [0.2, 0.25) is 5.02 Å². The average molecular weight is 383 g/mol. The molecule has 1 aliphatic rings. The minimum atomic E-state index is -0.0681. The molecule has 144 valence electrons. The number of hydrogen-bond donors (Lipinski definition) is 0. The van der Waals surface area contributed by atoms with Crippen LogP contribution in [0.25, 0.3) is 0 Å². The molecule has 0 N–H and O–H groups in total. The molecule has 0 radical (unpaired) electrons. The number of carbonyl (C=O) groups excluding carboxylic acids is 2. The topological polar surface area (TPSA) is 59.1 Å². The molecule has 1 fully saturated rings. The lowest BCUT2D eigenvalue weighted by Gasteiger charge is -2.22. The summed E-state index contributed by atoms with van der Waals surface area (Å²) in [6.07, 6.45) is 1.15. The van der Waals surface area contributed by atoms with Gasteiger partial charge in [0.1, 0.15) is 5.75 Å². The SMILES string of the molecule is COCCC(=O)N1CCCN(C(=O)COc2cc(C)c(Cl)c(C)c2)CC1. The minimum Gasteiger partial charge on any atom is -0.484 e. The Labute approximate surface area is 160 Å². The van der Waals surface area contributed by atoms with Gasteiger partial charge in [0.25, 0.3) is 5.91 Å². The van der Waals surface area contributed by atoms with Crippen molar-refractivity contribution in [1.29, 1.82) is 0 Å². The number of hydrogen-bond acceptors (Lipinski definition) is 4. The quantitative estimate of drug-likeness (QED) is 0.758. The molecule has 1 aromatic carbocycles. The summed E-state index contributed by atoms with van der Waals surface area (Å²) in [6.45, 7) is 6.61. The molecule has 0 unspecified atom stereocenters. The molecule has 2 amide bonds. The number of nitrogens with zero attached hydrogens (tertiary/aromatic N) is 2. The zero-order valence-electron chi connectivity index (χ0n) is 15.7. The summed E-state index contributed by atoms with van der Waals surface area (Å²) < 4.78 is 10.6. The summed E-state index contributed by atoms with van der Waals surface area (Å²) in [5.41, 5.74) is 1.85. The van der Waals surface area contributed by atoms with Crippen molar-refractivity contribution in [2.24, 2.45) is 0 Å². The Morgan fingerprint density at radius 1 is 1.04 bits per heavy atom. The molecule has 0 aromatic heterocycles. The van der Waals surface area contributed by atoms with Gasteiger partial charge in [-0.3, -0.25) is 9.59 Å². The van der Waals surface area contributed by atoms with Crippen LogP contribution >= 0.6 is 11.6 Å². The number of benzene rings is 1. The molecule has 26 heavy (non-hydrogen) atoms. The van der Waals surface area contributed by atoms with Gasteiger partial charge in [-0.1, -0.05) is 11.6 Å². The number of rotatable bonds is 6. The van der Waals surface area contributed by atoms with Crippen LogP contribution in [-0.4, -0.2) is 68.1 Å². The standard InChI is InChI=1S/C19H27ClN2O4/c1-14-11-16(12-15(2)19(14)20)26-13-18(24)22-7-4-6-21(8-9-22)17(23)5-10-25-3/h11-12H,4-10,13H2,1-3H3. The van der Waals surface area contributed by atoms with Gasteiger partial charge in [-0.15, -0.1) is 0 Å². The lowest BCUT2D eigenvalue weighted by atomic mass is 10.1. The Hall–Kier alpha value is -1.79. The van der Waals surface area contributed by atoms with E-state index in [2.05, 4.69) is 0 Å². The van der Waals surface area contributed by atoms with Gasteiger partial charge in [0.15, 0.2) is 6.61 Å². The Kier molecular flexibility index (Phi) is 7.72. The molecule has 0 saturated carbocycles. The van der Waals surface area contributed by atoms with Gasteiger partial charge in [-0.25, -0.2) is 0 Å². The maximum absolute atomic E-state index is 12.5. The van der Waals surface area contributed by atoms with Crippen LogP contribution in [0, 0.1) is 13.8 Å². The first kappa shape index (κ1) is 20.5. The van der Waals surface area contributed by atoms with Gasteiger partial charge < -0.3 is 19.3 Å². The highest BCUT2D eigenvalue weighted by Gasteiger charge is 2.22. The maximum Gasteiger partial charge on any atom is 0.260 e. The lowest BCUT2D eigenvalue weighted by molar-refractivity contribution is -0.135. The first-order valence-corrected chi connectivity index (χ1v) is 9.24. The van der Waals surface area contributed by atoms with E-state index in [0.717, 1.165) is 22.6 Å². The smallest absolute Gasteiger partial charge is 0.260 e. The van der Waals surface area contributed by atoms with E-state index in [9.17, 15) is 9.59 Å². The first-order chi connectivity index (χ1) is 12.4. The van der Waals surface area contributed by atoms with Crippen LogP contribution in [0.4, 0.5) is 0 Å². The lowest BCUT2D eigenvalue weighted by Crippen LogP contribution is -2.39. The molecule has 1 aromatic rings. The van der Waals surface area contributed by atoms with E-state index in [1.54, 1.807) is 16.9 Å². The molecular weight excluding hydrogens is 356 g/mol. The Bertz CT molecular complexity index is 627. The van der Waals surface area contributed by atoms with Crippen molar-refractivity contribution in [2.75, 3.05) is 46.5 Å². The fraction of sp³-hybridized carbons (Fsp3) is 0.579. The number of methoxy groups -OCH3 is 1. The van der Waals surface area contributed by atoms with Crippen molar-refractivity contribution in [3.8, 4) is 5.75 Å². The normalized spacial score (nSPS) is 14.9. The number of carbonyl (C=O) groups is 2. The zero-order valence-corrected chi connectivity index (χ0v) is 16.5. The van der Waals surface area contributed by atoms with Crippen LogP contribution < -0.4 is 4.74 Å². The van der Waals surface area contributed by atoms with E-state index in [-0.39, 0.29) is 18.4 Å². The van der Waals surface area contributed by atoms with E-state index in [1.807, 2.05) is 26.0 Å². The molecule has 6 nitrogen and oxygen atoms in total. The number of amides is 2. The van der Waals surface area contributed by atoms with Crippen LogP contribution in [0.15, 0.2) is 12.1 Å². The van der Waals surface area contributed by atoms with Crippen LogP contribution in [-0.2, 0) is 14.3 Å². The van der Waals surface area contributed by atoms with Gasteiger partial charge in [0, 0.05) is 38.3 Å². The predicted octanol–water partition coefficient (Wildman–Crippen LogP) is 2.43. The molecule has 1 saturated heterocycles. The van der Waals surface area contributed by atoms with E-state index in [4.69, 9.17) is 21.1 Å². The third kappa shape index (κ3) is 5.61. The highest BCUT2D eigenvalue weighted by atomic mass is 35.5. The third-order valence-corrected chi connectivity index (χ3v) is 5.09. The van der Waals surface area contributed by atoms with Gasteiger partial charge in [0.2, 0.25) is 5.91 Å². The first-order valence-electron chi connectivity index (χ1n) is 8.86. The van der Waals surface area contributed by atoms with Crippen LogP contribution in [0.5, 0.6) is 5.75 Å². The molecular formula is C19H27ClN2O4. The summed E-state index contributed by atoms with van der Waals surface area (Å²) in [7, 11) is 1.58. The van der Waals surface area contributed by atoms with E-state index in [0.29, 0.717) is 45.0 Å². The summed E-state index contributed by atoms with van der Waals surface area (Å²) >= 11 is 6.15. The molecule has 0 spiro atoms. The second-order valence-corrected chi connectivity index (χ2v) is 6.90. The Morgan fingerprint density at radius 3 is 2.19 bits per heavy atom. The Morgan fingerprint density at radius 2 is 1.62 bits per heavy atom.